The molecule has 1 aromatic carbocycles. The van der Waals surface area contributed by atoms with Crippen molar-refractivity contribution < 1.29 is 0 Å². The first-order valence-corrected chi connectivity index (χ1v) is 10.7. The summed E-state index contributed by atoms with van der Waals surface area (Å²) >= 11 is 0. The van der Waals surface area contributed by atoms with Crippen molar-refractivity contribution in [1.82, 2.24) is 0 Å². The number of rotatable bonds is 3. The SMILES string of the molecule is CCc1cc(C2C=C(C(C)(C)C)C(C)C(C(C)(C)C)C2)cc(CC)c1C. The highest BCUT2D eigenvalue weighted by molar-refractivity contribution is 5.42. The molecule has 0 heteroatoms. The molecule has 1 aromatic rings. The lowest BCUT2D eigenvalue weighted by molar-refractivity contribution is 0.145. The second-order valence-corrected chi connectivity index (χ2v) is 10.6. The number of hydrogen-bond acceptors (Lipinski definition) is 0. The van der Waals surface area contributed by atoms with Crippen LogP contribution < -0.4 is 0 Å². The average Bonchev–Trinajstić information content (AvgIpc) is 2.53. The molecule has 146 valence electrons. The first-order valence-electron chi connectivity index (χ1n) is 10.7. The highest BCUT2D eigenvalue weighted by Crippen LogP contribution is 2.50. The molecule has 1 aliphatic rings. The summed E-state index contributed by atoms with van der Waals surface area (Å²) in [6, 6.07) is 5.01. The van der Waals surface area contributed by atoms with E-state index in [0.717, 1.165) is 18.8 Å². The van der Waals surface area contributed by atoms with Gasteiger partial charge in [0.1, 0.15) is 0 Å². The molecule has 3 atom stereocenters. The van der Waals surface area contributed by atoms with Gasteiger partial charge in [-0.15, -0.1) is 0 Å². The molecule has 1 aliphatic carbocycles. The van der Waals surface area contributed by atoms with Crippen LogP contribution in [0.2, 0.25) is 0 Å². The molecular weight excluding hydrogens is 312 g/mol. The molecule has 0 spiro atoms. The van der Waals surface area contributed by atoms with E-state index in [1.165, 1.54) is 23.1 Å². The maximum Gasteiger partial charge on any atom is 0.00242 e. The zero-order chi connectivity index (χ0) is 19.9. The van der Waals surface area contributed by atoms with Gasteiger partial charge in [-0.2, -0.15) is 0 Å². The Morgan fingerprint density at radius 3 is 1.81 bits per heavy atom. The summed E-state index contributed by atoms with van der Waals surface area (Å²) in [6.45, 7) is 23.8. The fourth-order valence-corrected chi connectivity index (χ4v) is 5.22. The highest BCUT2D eigenvalue weighted by atomic mass is 14.4. The minimum atomic E-state index is 0.244. The summed E-state index contributed by atoms with van der Waals surface area (Å²) < 4.78 is 0. The number of allylic oxidation sites excluding steroid dienone is 2. The van der Waals surface area contributed by atoms with Crippen LogP contribution in [0.3, 0.4) is 0 Å². The number of benzene rings is 1. The Morgan fingerprint density at radius 2 is 1.42 bits per heavy atom. The third kappa shape index (κ3) is 4.26. The summed E-state index contributed by atoms with van der Waals surface area (Å²) in [6.07, 6.45) is 6.18. The quantitative estimate of drug-likeness (QED) is 0.484. The summed E-state index contributed by atoms with van der Waals surface area (Å²) in [4.78, 5) is 0. The van der Waals surface area contributed by atoms with Crippen molar-refractivity contribution in [3.8, 4) is 0 Å². The Bertz CT molecular complexity index is 635. The first-order chi connectivity index (χ1) is 11.9. The lowest BCUT2D eigenvalue weighted by atomic mass is 9.59. The van der Waals surface area contributed by atoms with Crippen LogP contribution in [0.4, 0.5) is 0 Å². The topological polar surface area (TPSA) is 0 Å². The van der Waals surface area contributed by atoms with Gasteiger partial charge in [0.2, 0.25) is 0 Å². The smallest absolute Gasteiger partial charge is 0.00242 e. The van der Waals surface area contributed by atoms with Gasteiger partial charge in [0.05, 0.1) is 0 Å². The zero-order valence-corrected chi connectivity index (χ0v) is 19.1. The third-order valence-electron chi connectivity index (χ3n) is 6.80. The molecule has 26 heavy (non-hydrogen) atoms. The minimum Gasteiger partial charge on any atom is -0.0770 e. The Labute approximate surface area is 163 Å². The predicted octanol–water partition coefficient (Wildman–Crippen LogP) is 7.88. The van der Waals surface area contributed by atoms with Gasteiger partial charge in [0.25, 0.3) is 0 Å². The maximum atomic E-state index is 2.64. The number of aryl methyl sites for hydroxylation is 2. The van der Waals surface area contributed by atoms with Gasteiger partial charge in [-0.25, -0.2) is 0 Å². The van der Waals surface area contributed by atoms with Gasteiger partial charge in [-0.1, -0.05) is 86.1 Å². The van der Waals surface area contributed by atoms with Crippen molar-refractivity contribution in [2.75, 3.05) is 0 Å². The monoisotopic (exact) mass is 354 g/mol. The van der Waals surface area contributed by atoms with Crippen molar-refractivity contribution >= 4 is 0 Å². The summed E-state index contributed by atoms with van der Waals surface area (Å²) in [5, 5.41) is 0. The molecule has 0 amide bonds. The van der Waals surface area contributed by atoms with Crippen molar-refractivity contribution in [1.29, 1.82) is 0 Å². The van der Waals surface area contributed by atoms with Crippen LogP contribution in [-0.2, 0) is 12.8 Å². The van der Waals surface area contributed by atoms with Crippen LogP contribution in [-0.4, -0.2) is 0 Å². The van der Waals surface area contributed by atoms with E-state index in [9.17, 15) is 0 Å². The van der Waals surface area contributed by atoms with Crippen LogP contribution in [0.1, 0.15) is 96.9 Å². The van der Waals surface area contributed by atoms with Crippen LogP contribution in [0.5, 0.6) is 0 Å². The van der Waals surface area contributed by atoms with Crippen LogP contribution >= 0.6 is 0 Å². The Kier molecular flexibility index (Phi) is 6.16. The van der Waals surface area contributed by atoms with Crippen molar-refractivity contribution in [3.63, 3.8) is 0 Å². The van der Waals surface area contributed by atoms with Crippen molar-refractivity contribution in [2.24, 2.45) is 22.7 Å². The van der Waals surface area contributed by atoms with Crippen molar-refractivity contribution in [2.45, 2.75) is 94.4 Å². The molecule has 0 fully saturated rings. The lowest BCUT2D eigenvalue weighted by Crippen LogP contribution is -2.35. The molecule has 0 aliphatic heterocycles. The third-order valence-corrected chi connectivity index (χ3v) is 6.80. The van der Waals surface area contributed by atoms with Crippen LogP contribution in [0, 0.1) is 29.6 Å². The molecule has 0 aromatic heterocycles. The molecule has 0 radical (unpaired) electrons. The van der Waals surface area contributed by atoms with E-state index in [1.54, 1.807) is 11.1 Å². The highest BCUT2D eigenvalue weighted by Gasteiger charge is 2.40. The molecule has 3 unspecified atom stereocenters. The fourth-order valence-electron chi connectivity index (χ4n) is 5.22. The van der Waals surface area contributed by atoms with E-state index in [0.29, 0.717) is 17.3 Å². The minimum absolute atomic E-state index is 0.244. The van der Waals surface area contributed by atoms with Gasteiger partial charge in [0, 0.05) is 5.92 Å². The van der Waals surface area contributed by atoms with Gasteiger partial charge < -0.3 is 0 Å². The Hall–Kier alpha value is -1.04. The van der Waals surface area contributed by atoms with E-state index < -0.39 is 0 Å². The standard InChI is InChI=1S/C26H42/c1-11-19-13-21(14-20(12-2)17(19)3)22-15-23(25(5,6)7)18(4)24(16-22)26(8,9)10/h13-15,18,22,24H,11-12,16H2,1-10H3. The van der Waals surface area contributed by atoms with E-state index in [1.807, 2.05) is 0 Å². The average molecular weight is 355 g/mol. The summed E-state index contributed by atoms with van der Waals surface area (Å²) in [5.74, 6) is 1.94. The number of hydrogen-bond donors (Lipinski definition) is 0. The van der Waals surface area contributed by atoms with Gasteiger partial charge in [-0.05, 0) is 71.1 Å². The van der Waals surface area contributed by atoms with E-state index in [4.69, 9.17) is 0 Å². The second kappa shape index (κ2) is 7.53. The first kappa shape index (κ1) is 21.3. The second-order valence-electron chi connectivity index (χ2n) is 10.6. The van der Waals surface area contributed by atoms with E-state index in [-0.39, 0.29) is 5.41 Å². The normalized spacial score (nSPS) is 24.5. The molecule has 0 bridgehead atoms. The molecule has 0 saturated heterocycles. The zero-order valence-electron chi connectivity index (χ0n) is 19.1. The lowest BCUT2D eigenvalue weighted by Gasteiger charge is -2.45. The van der Waals surface area contributed by atoms with Gasteiger partial charge in [-0.3, -0.25) is 0 Å². The molecular formula is C26H42. The van der Waals surface area contributed by atoms with Crippen LogP contribution in [0.25, 0.3) is 0 Å². The Morgan fingerprint density at radius 1 is 0.923 bits per heavy atom. The summed E-state index contributed by atoms with van der Waals surface area (Å²) in [7, 11) is 0. The molecule has 0 N–H and O–H groups in total. The molecule has 2 rings (SSSR count). The maximum absolute atomic E-state index is 2.64. The summed E-state index contributed by atoms with van der Waals surface area (Å²) in [5.41, 5.74) is 8.38. The van der Waals surface area contributed by atoms with Gasteiger partial charge in [0.15, 0.2) is 0 Å². The largest absolute Gasteiger partial charge is 0.0770 e. The molecule has 0 heterocycles. The van der Waals surface area contributed by atoms with Gasteiger partial charge >= 0.3 is 0 Å². The molecule has 0 saturated carbocycles. The predicted molar refractivity (Wildman–Crippen MR) is 117 cm³/mol. The molecule has 0 nitrogen and oxygen atoms in total. The van der Waals surface area contributed by atoms with Crippen molar-refractivity contribution in [3.05, 3.63) is 46.0 Å². The van der Waals surface area contributed by atoms with Crippen LogP contribution in [0.15, 0.2) is 23.8 Å². The van der Waals surface area contributed by atoms with E-state index in [2.05, 4.69) is 87.4 Å². The fraction of sp³-hybridized carbons (Fsp3) is 0.692. The Balaban J connectivity index is 2.59. The van der Waals surface area contributed by atoms with E-state index >= 15 is 0 Å².